The summed E-state index contributed by atoms with van der Waals surface area (Å²) in [4.78, 5) is 2.10. The second kappa shape index (κ2) is 4.02. The molecule has 1 aliphatic rings. The number of halogens is 1. The predicted octanol–water partition coefficient (Wildman–Crippen LogP) is 0.767. The van der Waals surface area contributed by atoms with Gasteiger partial charge in [0.15, 0.2) is 0 Å². The summed E-state index contributed by atoms with van der Waals surface area (Å²) >= 11 is 0. The molecule has 2 unspecified atom stereocenters. The molecule has 2 atom stereocenters. The molecule has 0 spiro atoms. The number of nitrogens with two attached hydrogens (primary N) is 1. The molecule has 0 amide bonds. The number of nitrogens with zero attached hydrogens (tertiary/aromatic N) is 1. The van der Waals surface area contributed by atoms with Gasteiger partial charge in [0.2, 0.25) is 0 Å². The van der Waals surface area contributed by atoms with Gasteiger partial charge in [-0.3, -0.25) is 0 Å². The molecule has 1 saturated heterocycles. The Morgan fingerprint density at radius 2 is 2.45 bits per heavy atom. The Hall–Kier alpha value is -0.150. The smallest absolute Gasteiger partial charge is 0.117 e. The van der Waals surface area contributed by atoms with Gasteiger partial charge in [0.25, 0.3) is 0 Å². The van der Waals surface area contributed by atoms with E-state index in [1.807, 2.05) is 7.05 Å². The molecule has 0 aliphatic carbocycles. The van der Waals surface area contributed by atoms with Crippen LogP contribution < -0.4 is 5.73 Å². The van der Waals surface area contributed by atoms with E-state index >= 15 is 0 Å². The van der Waals surface area contributed by atoms with Gasteiger partial charge in [-0.15, -0.1) is 0 Å². The molecule has 0 aromatic heterocycles. The molecule has 0 radical (unpaired) electrons. The first-order valence-electron chi connectivity index (χ1n) is 4.30. The monoisotopic (exact) mass is 160 g/mol. The van der Waals surface area contributed by atoms with Crippen molar-refractivity contribution in [3.05, 3.63) is 0 Å². The maximum absolute atomic E-state index is 13.2. The standard InChI is InChI=1S/C8H17FN2/c1-11-6-2-3-8(11)7(9)4-5-10/h7-8H,2-6,10H2,1H3. The number of likely N-dealkylation sites (tertiary alicyclic amines) is 1. The highest BCUT2D eigenvalue weighted by Gasteiger charge is 2.28. The van der Waals surface area contributed by atoms with E-state index in [4.69, 9.17) is 5.73 Å². The van der Waals surface area contributed by atoms with Crippen molar-refractivity contribution in [2.75, 3.05) is 20.1 Å². The van der Waals surface area contributed by atoms with Gasteiger partial charge < -0.3 is 10.6 Å². The van der Waals surface area contributed by atoms with Crippen LogP contribution in [0.5, 0.6) is 0 Å². The van der Waals surface area contributed by atoms with Crippen molar-refractivity contribution in [2.24, 2.45) is 5.73 Å². The summed E-state index contributed by atoms with van der Waals surface area (Å²) < 4.78 is 13.2. The Morgan fingerprint density at radius 3 is 2.91 bits per heavy atom. The van der Waals surface area contributed by atoms with Crippen molar-refractivity contribution in [2.45, 2.75) is 31.5 Å². The number of hydrogen-bond donors (Lipinski definition) is 1. The molecule has 1 heterocycles. The highest BCUT2D eigenvalue weighted by Crippen LogP contribution is 2.21. The zero-order valence-corrected chi connectivity index (χ0v) is 7.09. The van der Waals surface area contributed by atoms with E-state index in [-0.39, 0.29) is 6.04 Å². The summed E-state index contributed by atoms with van der Waals surface area (Å²) in [5.41, 5.74) is 5.28. The Kier molecular flexibility index (Phi) is 3.27. The van der Waals surface area contributed by atoms with Gasteiger partial charge in [0.05, 0.1) is 0 Å². The van der Waals surface area contributed by atoms with Crippen molar-refractivity contribution in [3.8, 4) is 0 Å². The van der Waals surface area contributed by atoms with Crippen LogP contribution in [0.25, 0.3) is 0 Å². The molecular weight excluding hydrogens is 143 g/mol. The van der Waals surface area contributed by atoms with Crippen LogP contribution in [-0.4, -0.2) is 37.3 Å². The van der Waals surface area contributed by atoms with E-state index < -0.39 is 6.17 Å². The SMILES string of the molecule is CN1CCCC1C(F)CCN. The lowest BCUT2D eigenvalue weighted by molar-refractivity contribution is 0.166. The normalized spacial score (nSPS) is 29.2. The molecule has 66 valence electrons. The summed E-state index contributed by atoms with van der Waals surface area (Å²) in [5, 5.41) is 0. The third-order valence-electron chi connectivity index (χ3n) is 2.44. The zero-order chi connectivity index (χ0) is 8.27. The predicted molar refractivity (Wildman–Crippen MR) is 44.2 cm³/mol. The van der Waals surface area contributed by atoms with Gasteiger partial charge >= 0.3 is 0 Å². The Bertz CT molecular complexity index is 119. The molecule has 3 heteroatoms. The summed E-state index contributed by atoms with van der Waals surface area (Å²) in [5.74, 6) is 0. The lowest BCUT2D eigenvalue weighted by atomic mass is 10.1. The first kappa shape index (κ1) is 8.94. The number of hydrogen-bond acceptors (Lipinski definition) is 2. The molecule has 11 heavy (non-hydrogen) atoms. The summed E-state index contributed by atoms with van der Waals surface area (Å²) in [7, 11) is 1.99. The highest BCUT2D eigenvalue weighted by atomic mass is 19.1. The molecule has 0 aromatic carbocycles. The van der Waals surface area contributed by atoms with Gasteiger partial charge in [-0.25, -0.2) is 4.39 Å². The Morgan fingerprint density at radius 1 is 1.73 bits per heavy atom. The fraction of sp³-hybridized carbons (Fsp3) is 1.00. The largest absolute Gasteiger partial charge is 0.330 e. The van der Waals surface area contributed by atoms with E-state index in [1.54, 1.807) is 0 Å². The Labute approximate surface area is 67.6 Å². The zero-order valence-electron chi connectivity index (χ0n) is 7.09. The summed E-state index contributed by atoms with van der Waals surface area (Å²) in [6.45, 7) is 1.50. The summed E-state index contributed by atoms with van der Waals surface area (Å²) in [6, 6.07) is 0.138. The van der Waals surface area contributed by atoms with E-state index in [9.17, 15) is 4.39 Å². The summed E-state index contributed by atoms with van der Waals surface area (Å²) in [6.07, 6.45) is 1.92. The van der Waals surface area contributed by atoms with Crippen LogP contribution in [0.1, 0.15) is 19.3 Å². The van der Waals surface area contributed by atoms with Crippen LogP contribution in [0.4, 0.5) is 4.39 Å². The van der Waals surface area contributed by atoms with Gasteiger partial charge in [0, 0.05) is 6.04 Å². The quantitative estimate of drug-likeness (QED) is 0.660. The van der Waals surface area contributed by atoms with Crippen molar-refractivity contribution >= 4 is 0 Å². The van der Waals surface area contributed by atoms with Gasteiger partial charge in [0.1, 0.15) is 6.17 Å². The lowest BCUT2D eigenvalue weighted by Crippen LogP contribution is -2.34. The van der Waals surface area contributed by atoms with Crippen molar-refractivity contribution in [1.82, 2.24) is 4.90 Å². The minimum absolute atomic E-state index is 0.138. The maximum atomic E-state index is 13.2. The third-order valence-corrected chi connectivity index (χ3v) is 2.44. The van der Waals surface area contributed by atoms with E-state index in [0.717, 1.165) is 19.4 Å². The molecule has 0 bridgehead atoms. The topological polar surface area (TPSA) is 29.3 Å². The fourth-order valence-electron chi connectivity index (χ4n) is 1.74. The van der Waals surface area contributed by atoms with Crippen LogP contribution >= 0.6 is 0 Å². The number of alkyl halides is 1. The van der Waals surface area contributed by atoms with Crippen LogP contribution in [0, 0.1) is 0 Å². The van der Waals surface area contributed by atoms with Crippen molar-refractivity contribution < 1.29 is 4.39 Å². The van der Waals surface area contributed by atoms with Crippen LogP contribution in [0.2, 0.25) is 0 Å². The molecule has 2 nitrogen and oxygen atoms in total. The minimum atomic E-state index is -0.715. The average molecular weight is 160 g/mol. The van der Waals surface area contributed by atoms with Crippen LogP contribution in [0.15, 0.2) is 0 Å². The molecule has 1 aliphatic heterocycles. The maximum Gasteiger partial charge on any atom is 0.117 e. The van der Waals surface area contributed by atoms with E-state index in [1.165, 1.54) is 0 Å². The minimum Gasteiger partial charge on any atom is -0.330 e. The van der Waals surface area contributed by atoms with Crippen molar-refractivity contribution in [3.63, 3.8) is 0 Å². The molecule has 0 saturated carbocycles. The van der Waals surface area contributed by atoms with Gasteiger partial charge in [-0.05, 0) is 39.4 Å². The second-order valence-electron chi connectivity index (χ2n) is 3.28. The van der Waals surface area contributed by atoms with Crippen molar-refractivity contribution in [1.29, 1.82) is 0 Å². The van der Waals surface area contributed by atoms with Gasteiger partial charge in [-0.2, -0.15) is 0 Å². The Balaban J connectivity index is 2.33. The molecule has 1 fully saturated rings. The first-order chi connectivity index (χ1) is 5.25. The highest BCUT2D eigenvalue weighted by molar-refractivity contribution is 4.82. The number of rotatable bonds is 3. The van der Waals surface area contributed by atoms with Gasteiger partial charge in [-0.1, -0.05) is 0 Å². The van der Waals surface area contributed by atoms with E-state index in [2.05, 4.69) is 4.90 Å². The second-order valence-corrected chi connectivity index (χ2v) is 3.28. The van der Waals surface area contributed by atoms with Crippen LogP contribution in [0.3, 0.4) is 0 Å². The first-order valence-corrected chi connectivity index (χ1v) is 4.30. The molecule has 2 N–H and O–H groups in total. The average Bonchev–Trinajstić information content (AvgIpc) is 2.36. The van der Waals surface area contributed by atoms with E-state index in [0.29, 0.717) is 13.0 Å². The molecular formula is C8H17FN2. The molecule has 0 aromatic rings. The van der Waals surface area contributed by atoms with Crippen LogP contribution in [-0.2, 0) is 0 Å². The third kappa shape index (κ3) is 2.14. The lowest BCUT2D eigenvalue weighted by Gasteiger charge is -2.22. The molecule has 1 rings (SSSR count). The fourth-order valence-corrected chi connectivity index (χ4v) is 1.74.